The van der Waals surface area contributed by atoms with Gasteiger partial charge in [-0.2, -0.15) is 0 Å². The lowest BCUT2D eigenvalue weighted by molar-refractivity contribution is 0.272. The molecule has 156 valence electrons. The third-order valence-electron chi connectivity index (χ3n) is 6.87. The highest BCUT2D eigenvalue weighted by Gasteiger charge is 2.32. The lowest BCUT2D eigenvalue weighted by Crippen LogP contribution is -2.47. The molecule has 6 rings (SSSR count). The van der Waals surface area contributed by atoms with Gasteiger partial charge in [-0.1, -0.05) is 25.1 Å². The topological polar surface area (TPSA) is 35.5 Å². The summed E-state index contributed by atoms with van der Waals surface area (Å²) in [6.07, 6.45) is 3.63. The zero-order valence-corrected chi connectivity index (χ0v) is 18.5. The fourth-order valence-electron chi connectivity index (χ4n) is 4.88. The fraction of sp³-hybridized carbons (Fsp3) is 0.500. The standard InChI is InChI=1S/C24H29N5S/c1-2-27-11-10-19-20(16-27)30-24-21(19)23(25-22(26-24)17-8-9-17)29-14-12-28(13-15-29)18-6-4-3-5-7-18/h3-7,17H,2,8-16H2,1H3. The average Bonchev–Trinajstić information content (AvgIpc) is 3.59. The molecule has 0 unspecified atom stereocenters. The van der Waals surface area contributed by atoms with Crippen molar-refractivity contribution in [3.8, 4) is 0 Å². The first-order chi connectivity index (χ1) is 14.8. The van der Waals surface area contributed by atoms with E-state index in [1.54, 1.807) is 0 Å². The molecule has 6 heteroatoms. The summed E-state index contributed by atoms with van der Waals surface area (Å²) in [6.45, 7) is 9.76. The van der Waals surface area contributed by atoms with Crippen LogP contribution >= 0.6 is 11.3 Å². The van der Waals surface area contributed by atoms with Gasteiger partial charge in [0.2, 0.25) is 0 Å². The zero-order chi connectivity index (χ0) is 20.1. The number of hydrogen-bond acceptors (Lipinski definition) is 6. The molecule has 2 aromatic heterocycles. The van der Waals surface area contributed by atoms with Crippen LogP contribution in [0.4, 0.5) is 11.5 Å². The highest BCUT2D eigenvalue weighted by atomic mass is 32.1. The Morgan fingerprint density at radius 2 is 1.73 bits per heavy atom. The predicted octanol–water partition coefficient (Wildman–Crippen LogP) is 4.27. The van der Waals surface area contributed by atoms with Crippen LogP contribution in [-0.4, -0.2) is 54.1 Å². The number of piperazine rings is 1. The number of nitrogens with zero attached hydrogens (tertiary/aromatic N) is 5. The van der Waals surface area contributed by atoms with Gasteiger partial charge < -0.3 is 9.80 Å². The second kappa shape index (κ2) is 7.50. The maximum atomic E-state index is 5.19. The van der Waals surface area contributed by atoms with Gasteiger partial charge in [-0.3, -0.25) is 4.90 Å². The van der Waals surface area contributed by atoms with Crippen molar-refractivity contribution in [1.82, 2.24) is 14.9 Å². The van der Waals surface area contributed by atoms with Crippen molar-refractivity contribution >= 4 is 33.1 Å². The Kier molecular flexibility index (Phi) is 4.65. The van der Waals surface area contributed by atoms with Gasteiger partial charge in [0, 0.05) is 55.8 Å². The summed E-state index contributed by atoms with van der Waals surface area (Å²) in [7, 11) is 0. The Labute approximate surface area is 182 Å². The minimum atomic E-state index is 0.588. The fourth-order valence-corrected chi connectivity index (χ4v) is 6.15. The van der Waals surface area contributed by atoms with Gasteiger partial charge in [-0.05, 0) is 43.5 Å². The van der Waals surface area contributed by atoms with E-state index in [4.69, 9.17) is 9.97 Å². The van der Waals surface area contributed by atoms with Crippen LogP contribution in [0.3, 0.4) is 0 Å². The molecule has 30 heavy (non-hydrogen) atoms. The Balaban J connectivity index is 1.35. The van der Waals surface area contributed by atoms with Crippen LogP contribution in [0.25, 0.3) is 10.2 Å². The molecule has 0 atom stereocenters. The molecule has 0 bridgehead atoms. The van der Waals surface area contributed by atoms with Crippen LogP contribution in [-0.2, 0) is 13.0 Å². The quantitative estimate of drug-likeness (QED) is 0.631. The molecule has 1 saturated carbocycles. The van der Waals surface area contributed by atoms with Gasteiger partial charge in [-0.25, -0.2) is 9.97 Å². The number of thiophene rings is 1. The predicted molar refractivity (Wildman–Crippen MR) is 125 cm³/mol. The number of benzene rings is 1. The highest BCUT2D eigenvalue weighted by molar-refractivity contribution is 7.19. The van der Waals surface area contributed by atoms with E-state index in [0.29, 0.717) is 5.92 Å². The zero-order valence-electron chi connectivity index (χ0n) is 17.7. The lowest BCUT2D eigenvalue weighted by Gasteiger charge is -2.37. The molecule has 1 aliphatic carbocycles. The molecule has 0 N–H and O–H groups in total. The summed E-state index contributed by atoms with van der Waals surface area (Å²) < 4.78 is 0. The summed E-state index contributed by atoms with van der Waals surface area (Å²) in [6, 6.07) is 10.8. The van der Waals surface area contributed by atoms with Crippen LogP contribution in [0.2, 0.25) is 0 Å². The summed E-state index contributed by atoms with van der Waals surface area (Å²) >= 11 is 1.92. The monoisotopic (exact) mass is 419 g/mol. The third kappa shape index (κ3) is 3.26. The Morgan fingerprint density at radius 1 is 0.967 bits per heavy atom. The maximum Gasteiger partial charge on any atom is 0.141 e. The summed E-state index contributed by atoms with van der Waals surface area (Å²) in [5, 5.41) is 1.36. The van der Waals surface area contributed by atoms with E-state index in [2.05, 4.69) is 52.0 Å². The summed E-state index contributed by atoms with van der Waals surface area (Å²) in [5.41, 5.74) is 2.86. The molecule has 0 radical (unpaired) electrons. The Morgan fingerprint density at radius 3 is 2.47 bits per heavy atom. The first-order valence-corrected chi connectivity index (χ1v) is 12.2. The Bertz CT molecular complexity index is 1050. The van der Waals surface area contributed by atoms with E-state index < -0.39 is 0 Å². The molecule has 4 heterocycles. The SMILES string of the molecule is CCN1CCc2c(sc3nc(C4CC4)nc(N4CCN(c5ccccc5)CC4)c23)C1. The van der Waals surface area contributed by atoms with Gasteiger partial charge in [0.15, 0.2) is 0 Å². The van der Waals surface area contributed by atoms with Crippen molar-refractivity contribution in [3.05, 3.63) is 46.6 Å². The van der Waals surface area contributed by atoms with Gasteiger partial charge in [-0.15, -0.1) is 11.3 Å². The molecular weight excluding hydrogens is 390 g/mol. The molecule has 0 amide bonds. The third-order valence-corrected chi connectivity index (χ3v) is 7.98. The molecule has 1 aromatic carbocycles. The number of anilines is 2. The van der Waals surface area contributed by atoms with Crippen LogP contribution in [0.5, 0.6) is 0 Å². The number of hydrogen-bond donors (Lipinski definition) is 0. The van der Waals surface area contributed by atoms with Crippen LogP contribution < -0.4 is 9.80 Å². The lowest BCUT2D eigenvalue weighted by atomic mass is 10.0. The van der Waals surface area contributed by atoms with E-state index in [-0.39, 0.29) is 0 Å². The molecule has 3 aromatic rings. The van der Waals surface area contributed by atoms with Crippen molar-refractivity contribution in [2.45, 2.75) is 38.6 Å². The molecule has 2 fully saturated rings. The van der Waals surface area contributed by atoms with Crippen molar-refractivity contribution in [2.24, 2.45) is 0 Å². The van der Waals surface area contributed by atoms with Gasteiger partial charge in [0.25, 0.3) is 0 Å². The van der Waals surface area contributed by atoms with Gasteiger partial charge in [0.05, 0.1) is 5.39 Å². The van der Waals surface area contributed by atoms with Crippen molar-refractivity contribution in [1.29, 1.82) is 0 Å². The number of aromatic nitrogens is 2. The van der Waals surface area contributed by atoms with Gasteiger partial charge >= 0.3 is 0 Å². The van der Waals surface area contributed by atoms with E-state index in [1.807, 2.05) is 11.3 Å². The largest absolute Gasteiger partial charge is 0.368 e. The van der Waals surface area contributed by atoms with Crippen molar-refractivity contribution < 1.29 is 0 Å². The second-order valence-electron chi connectivity index (χ2n) is 8.79. The first-order valence-electron chi connectivity index (χ1n) is 11.4. The molecule has 0 spiro atoms. The average molecular weight is 420 g/mol. The molecule has 2 aliphatic heterocycles. The van der Waals surface area contributed by atoms with E-state index in [0.717, 1.165) is 58.1 Å². The molecule has 3 aliphatic rings. The number of fused-ring (bicyclic) bond motifs is 3. The smallest absolute Gasteiger partial charge is 0.141 e. The van der Waals surface area contributed by atoms with Crippen LogP contribution in [0.15, 0.2) is 30.3 Å². The Hall–Kier alpha value is -2.18. The van der Waals surface area contributed by atoms with Crippen molar-refractivity contribution in [3.63, 3.8) is 0 Å². The van der Waals surface area contributed by atoms with E-state index in [1.165, 1.54) is 45.0 Å². The van der Waals surface area contributed by atoms with Crippen LogP contribution in [0, 0.1) is 0 Å². The molecule has 5 nitrogen and oxygen atoms in total. The van der Waals surface area contributed by atoms with Gasteiger partial charge in [0.1, 0.15) is 16.5 Å². The molecular formula is C24H29N5S. The normalized spacial score (nSPS) is 20.0. The number of likely N-dealkylation sites (N-methyl/N-ethyl adjacent to an activating group) is 1. The summed E-state index contributed by atoms with van der Waals surface area (Å²) in [4.78, 5) is 20.6. The highest BCUT2D eigenvalue weighted by Crippen LogP contribution is 2.44. The summed E-state index contributed by atoms with van der Waals surface area (Å²) in [5.74, 6) is 2.90. The van der Waals surface area contributed by atoms with E-state index in [9.17, 15) is 0 Å². The van der Waals surface area contributed by atoms with E-state index >= 15 is 0 Å². The number of rotatable bonds is 4. The molecule has 1 saturated heterocycles. The number of para-hydroxylation sites is 1. The first kappa shape index (κ1) is 18.6. The van der Waals surface area contributed by atoms with Crippen molar-refractivity contribution in [2.75, 3.05) is 49.1 Å². The minimum Gasteiger partial charge on any atom is -0.368 e. The van der Waals surface area contributed by atoms with Crippen LogP contribution in [0.1, 0.15) is 41.9 Å². The second-order valence-corrected chi connectivity index (χ2v) is 9.88. The maximum absolute atomic E-state index is 5.19. The minimum absolute atomic E-state index is 0.588.